The Hall–Kier alpha value is -6.39. The van der Waals surface area contributed by atoms with E-state index in [0.29, 0.717) is 17.5 Å². The summed E-state index contributed by atoms with van der Waals surface area (Å²) in [5.41, 5.74) is 9.06. The number of hydrogen-bond donors (Lipinski definition) is 0. The quantitative estimate of drug-likeness (QED) is 0.197. The van der Waals surface area contributed by atoms with Crippen molar-refractivity contribution in [1.82, 2.24) is 15.0 Å². The van der Waals surface area contributed by atoms with Gasteiger partial charge in [-0.1, -0.05) is 140 Å². The molecule has 7 aromatic carbocycles. The van der Waals surface area contributed by atoms with Crippen molar-refractivity contribution in [3.63, 3.8) is 0 Å². The monoisotopic (exact) mass is 601 g/mol. The first-order chi connectivity index (χ1) is 23.3. The summed E-state index contributed by atoms with van der Waals surface area (Å²) in [6.07, 6.45) is 0. The van der Waals surface area contributed by atoms with E-state index in [2.05, 4.69) is 109 Å². The first-order valence-corrected chi connectivity index (χ1v) is 15.7. The molecule has 0 aliphatic rings. The highest BCUT2D eigenvalue weighted by molar-refractivity contribution is 6.13. The zero-order valence-corrected chi connectivity index (χ0v) is 25.3. The van der Waals surface area contributed by atoms with Gasteiger partial charge in [-0.3, -0.25) is 0 Å². The molecule has 2 heterocycles. The minimum atomic E-state index is 0.628. The van der Waals surface area contributed by atoms with Crippen LogP contribution >= 0.6 is 0 Å². The van der Waals surface area contributed by atoms with Gasteiger partial charge in [0, 0.05) is 27.5 Å². The summed E-state index contributed by atoms with van der Waals surface area (Å²) in [6, 6.07) is 56.3. The van der Waals surface area contributed by atoms with Gasteiger partial charge in [-0.15, -0.1) is 0 Å². The third kappa shape index (κ3) is 4.84. The molecule has 9 aromatic rings. The minimum Gasteiger partial charge on any atom is -0.456 e. The maximum Gasteiger partial charge on any atom is 0.164 e. The van der Waals surface area contributed by atoms with Crippen LogP contribution in [0.15, 0.2) is 168 Å². The molecule has 0 fully saturated rings. The highest BCUT2D eigenvalue weighted by atomic mass is 16.3. The van der Waals surface area contributed by atoms with E-state index in [1.165, 1.54) is 5.56 Å². The lowest BCUT2D eigenvalue weighted by Gasteiger charge is -2.13. The standard InChI is InChI=1S/C43H27N3O/c1-3-12-28(13-4-1)29-22-24-31(25-23-29)42-44-41(30-14-5-2-6-15-30)45-43(46-42)37-27-33(26-32-16-7-8-17-34(32)37)35-19-11-21-39-40(35)36-18-9-10-20-38(36)47-39/h1-27H. The van der Waals surface area contributed by atoms with Crippen LogP contribution < -0.4 is 0 Å². The number of benzene rings is 7. The molecule has 0 N–H and O–H groups in total. The Labute approximate surface area is 271 Å². The predicted molar refractivity (Wildman–Crippen MR) is 192 cm³/mol. The van der Waals surface area contributed by atoms with Crippen LogP contribution in [0.5, 0.6) is 0 Å². The lowest BCUT2D eigenvalue weighted by Crippen LogP contribution is -2.01. The number of fused-ring (bicyclic) bond motifs is 4. The summed E-state index contributed by atoms with van der Waals surface area (Å²) in [5, 5.41) is 4.39. The van der Waals surface area contributed by atoms with Gasteiger partial charge < -0.3 is 4.42 Å². The molecule has 4 heteroatoms. The van der Waals surface area contributed by atoms with Crippen LogP contribution in [0.25, 0.3) is 89.1 Å². The second kappa shape index (κ2) is 11.2. The molecule has 0 aliphatic heterocycles. The number of rotatable bonds is 5. The molecule has 0 amide bonds. The Balaban J connectivity index is 1.26. The Morgan fingerprint density at radius 2 is 0.894 bits per heavy atom. The number of nitrogens with zero attached hydrogens (tertiary/aromatic N) is 3. The Bertz CT molecular complexity index is 2550. The summed E-state index contributed by atoms with van der Waals surface area (Å²) in [5.74, 6) is 1.89. The highest BCUT2D eigenvalue weighted by Gasteiger charge is 2.18. The number of hydrogen-bond acceptors (Lipinski definition) is 4. The van der Waals surface area contributed by atoms with Crippen molar-refractivity contribution in [3.05, 3.63) is 164 Å². The fraction of sp³-hybridized carbons (Fsp3) is 0. The largest absolute Gasteiger partial charge is 0.456 e. The molecule has 0 saturated heterocycles. The lowest BCUT2D eigenvalue weighted by atomic mass is 9.94. The average Bonchev–Trinajstić information content (AvgIpc) is 3.54. The molecular weight excluding hydrogens is 574 g/mol. The van der Waals surface area contributed by atoms with E-state index in [4.69, 9.17) is 19.4 Å². The van der Waals surface area contributed by atoms with Crippen LogP contribution in [0.1, 0.15) is 0 Å². The van der Waals surface area contributed by atoms with Crippen LogP contribution in [0, 0.1) is 0 Å². The van der Waals surface area contributed by atoms with Crippen molar-refractivity contribution >= 4 is 32.7 Å². The molecular formula is C43H27N3O. The SMILES string of the molecule is c1ccc(-c2ccc(-c3nc(-c4ccccc4)nc(-c4cc(-c5cccc6oc7ccccc7c56)cc5ccccc45)n3)cc2)cc1. The summed E-state index contributed by atoms with van der Waals surface area (Å²) in [4.78, 5) is 15.3. The van der Waals surface area contributed by atoms with Gasteiger partial charge in [-0.25, -0.2) is 15.0 Å². The van der Waals surface area contributed by atoms with Crippen molar-refractivity contribution in [1.29, 1.82) is 0 Å². The maximum absolute atomic E-state index is 6.25. The Morgan fingerprint density at radius 3 is 1.66 bits per heavy atom. The van der Waals surface area contributed by atoms with Crippen LogP contribution in [0.3, 0.4) is 0 Å². The fourth-order valence-electron chi connectivity index (χ4n) is 6.45. The van der Waals surface area contributed by atoms with E-state index in [9.17, 15) is 0 Å². The molecule has 0 atom stereocenters. The van der Waals surface area contributed by atoms with Gasteiger partial charge in [0.1, 0.15) is 11.2 Å². The van der Waals surface area contributed by atoms with Gasteiger partial charge in [-0.2, -0.15) is 0 Å². The maximum atomic E-state index is 6.25. The number of para-hydroxylation sites is 1. The molecule has 4 nitrogen and oxygen atoms in total. The second-order valence-corrected chi connectivity index (χ2v) is 11.6. The Morgan fingerprint density at radius 1 is 0.340 bits per heavy atom. The second-order valence-electron chi connectivity index (χ2n) is 11.6. The van der Waals surface area contributed by atoms with Crippen LogP contribution in [0.4, 0.5) is 0 Å². The van der Waals surface area contributed by atoms with E-state index in [-0.39, 0.29) is 0 Å². The molecule has 0 unspecified atom stereocenters. The first kappa shape index (κ1) is 27.0. The van der Waals surface area contributed by atoms with Crippen molar-refractivity contribution < 1.29 is 4.42 Å². The van der Waals surface area contributed by atoms with E-state index in [1.807, 2.05) is 54.6 Å². The van der Waals surface area contributed by atoms with E-state index < -0.39 is 0 Å². The third-order valence-corrected chi connectivity index (χ3v) is 8.73. The van der Waals surface area contributed by atoms with Crippen molar-refractivity contribution in [2.24, 2.45) is 0 Å². The summed E-state index contributed by atoms with van der Waals surface area (Å²) >= 11 is 0. The summed E-state index contributed by atoms with van der Waals surface area (Å²) in [6.45, 7) is 0. The molecule has 0 spiro atoms. The highest BCUT2D eigenvalue weighted by Crippen LogP contribution is 2.40. The molecule has 0 saturated carbocycles. The molecule has 0 radical (unpaired) electrons. The number of furan rings is 1. The third-order valence-electron chi connectivity index (χ3n) is 8.73. The van der Waals surface area contributed by atoms with Gasteiger partial charge in [0.25, 0.3) is 0 Å². The zero-order valence-electron chi connectivity index (χ0n) is 25.3. The molecule has 220 valence electrons. The topological polar surface area (TPSA) is 51.8 Å². The van der Waals surface area contributed by atoms with Gasteiger partial charge in [0.05, 0.1) is 0 Å². The van der Waals surface area contributed by atoms with Crippen LogP contribution in [-0.2, 0) is 0 Å². The van der Waals surface area contributed by atoms with Crippen molar-refractivity contribution in [3.8, 4) is 56.4 Å². The molecule has 2 aromatic heterocycles. The van der Waals surface area contributed by atoms with Gasteiger partial charge in [0.2, 0.25) is 0 Å². The first-order valence-electron chi connectivity index (χ1n) is 15.7. The normalized spacial score (nSPS) is 11.4. The van der Waals surface area contributed by atoms with Crippen molar-refractivity contribution in [2.75, 3.05) is 0 Å². The molecule has 0 bridgehead atoms. The van der Waals surface area contributed by atoms with E-state index in [1.54, 1.807) is 0 Å². The molecule has 9 rings (SSSR count). The lowest BCUT2D eigenvalue weighted by molar-refractivity contribution is 0.669. The van der Waals surface area contributed by atoms with Crippen LogP contribution in [0.2, 0.25) is 0 Å². The van der Waals surface area contributed by atoms with E-state index in [0.717, 1.165) is 66.1 Å². The van der Waals surface area contributed by atoms with Gasteiger partial charge in [-0.05, 0) is 57.3 Å². The average molecular weight is 602 g/mol. The summed E-state index contributed by atoms with van der Waals surface area (Å²) in [7, 11) is 0. The van der Waals surface area contributed by atoms with Gasteiger partial charge >= 0.3 is 0 Å². The smallest absolute Gasteiger partial charge is 0.164 e. The van der Waals surface area contributed by atoms with Gasteiger partial charge in [0.15, 0.2) is 17.5 Å². The van der Waals surface area contributed by atoms with Crippen LogP contribution in [-0.4, -0.2) is 15.0 Å². The Kier molecular flexibility index (Phi) is 6.43. The summed E-state index contributed by atoms with van der Waals surface area (Å²) < 4.78 is 6.25. The minimum absolute atomic E-state index is 0.628. The molecule has 0 aliphatic carbocycles. The predicted octanol–water partition coefficient (Wildman–Crippen LogP) is 11.3. The number of aromatic nitrogens is 3. The zero-order chi connectivity index (χ0) is 31.2. The van der Waals surface area contributed by atoms with Crippen molar-refractivity contribution in [2.45, 2.75) is 0 Å². The van der Waals surface area contributed by atoms with E-state index >= 15 is 0 Å². The molecule has 47 heavy (non-hydrogen) atoms. The fourth-order valence-corrected chi connectivity index (χ4v) is 6.45.